The monoisotopic (exact) mass is 459 g/mol. The predicted molar refractivity (Wildman–Crippen MR) is 110 cm³/mol. The van der Waals surface area contributed by atoms with Crippen LogP contribution < -0.4 is 5.32 Å². The number of carbonyl (C=O) groups excluding carboxylic acids is 1. The van der Waals surface area contributed by atoms with Crippen LogP contribution >= 0.6 is 57.6 Å². The summed E-state index contributed by atoms with van der Waals surface area (Å²) in [5, 5.41) is 16.7. The Morgan fingerprint density at radius 2 is 2.07 bits per heavy atom. The molecule has 0 atom stereocenters. The normalized spacial score (nSPS) is 10.7. The summed E-state index contributed by atoms with van der Waals surface area (Å²) in [4.78, 5) is 29.0. The highest BCUT2D eigenvalue weighted by Crippen LogP contribution is 2.45. The van der Waals surface area contributed by atoms with Gasteiger partial charge in [-0.15, -0.1) is 22.7 Å². The zero-order chi connectivity index (χ0) is 19.4. The summed E-state index contributed by atoms with van der Waals surface area (Å²) in [5.41, 5.74) is -0.155. The first-order valence-electron chi connectivity index (χ1n) is 7.51. The van der Waals surface area contributed by atoms with Crippen molar-refractivity contribution < 1.29 is 9.72 Å². The number of nitrogens with zero attached hydrogens (tertiary/aromatic N) is 2. The number of thiophene rings is 2. The zero-order valence-electron chi connectivity index (χ0n) is 13.5. The Bertz CT molecular complexity index is 956. The van der Waals surface area contributed by atoms with E-state index in [1.165, 1.54) is 18.5 Å². The maximum absolute atomic E-state index is 12.4. The fraction of sp³-hybridized carbons (Fsp3) is 0.125. The van der Waals surface area contributed by atoms with Gasteiger partial charge >= 0.3 is 0 Å². The molecule has 0 aromatic carbocycles. The maximum Gasteiger partial charge on any atom is 0.294 e. The van der Waals surface area contributed by atoms with E-state index in [-0.39, 0.29) is 26.5 Å². The van der Waals surface area contributed by atoms with E-state index in [0.29, 0.717) is 22.1 Å². The lowest BCUT2D eigenvalue weighted by molar-refractivity contribution is -0.387. The van der Waals surface area contributed by atoms with Crippen molar-refractivity contribution in [3.8, 4) is 0 Å². The summed E-state index contributed by atoms with van der Waals surface area (Å²) in [6.45, 7) is 0.454. The van der Waals surface area contributed by atoms with Gasteiger partial charge in [-0.1, -0.05) is 41.0 Å². The van der Waals surface area contributed by atoms with Crippen molar-refractivity contribution in [2.75, 3.05) is 6.54 Å². The molecule has 11 heteroatoms. The van der Waals surface area contributed by atoms with Crippen LogP contribution in [0.15, 0.2) is 45.1 Å². The largest absolute Gasteiger partial charge is 0.351 e. The number of hydrogen-bond acceptors (Lipinski definition) is 7. The minimum Gasteiger partial charge on any atom is -0.351 e. The second-order valence-electron chi connectivity index (χ2n) is 5.16. The third-order valence-electron chi connectivity index (χ3n) is 3.34. The van der Waals surface area contributed by atoms with Crippen molar-refractivity contribution in [1.82, 2.24) is 10.3 Å². The number of rotatable bonds is 7. The second kappa shape index (κ2) is 9.03. The third kappa shape index (κ3) is 4.99. The van der Waals surface area contributed by atoms with Crippen LogP contribution in [0.25, 0.3) is 0 Å². The number of nitrogens with one attached hydrogen (secondary N) is 1. The fourth-order valence-electron chi connectivity index (χ4n) is 2.11. The van der Waals surface area contributed by atoms with Gasteiger partial charge in [0.1, 0.15) is 9.09 Å². The molecule has 0 radical (unpaired) electrons. The van der Waals surface area contributed by atoms with Gasteiger partial charge in [-0.2, -0.15) is 0 Å². The Kier molecular flexibility index (Phi) is 6.72. The summed E-state index contributed by atoms with van der Waals surface area (Å²) in [6.07, 6.45) is 3.53. The Labute approximate surface area is 176 Å². The average molecular weight is 460 g/mol. The summed E-state index contributed by atoms with van der Waals surface area (Å²) in [7, 11) is 0. The summed E-state index contributed by atoms with van der Waals surface area (Å²) >= 11 is 15.9. The smallest absolute Gasteiger partial charge is 0.294 e. The van der Waals surface area contributed by atoms with Gasteiger partial charge in [0.25, 0.3) is 11.6 Å². The minimum atomic E-state index is -0.524. The highest BCUT2D eigenvalue weighted by Gasteiger charge is 2.24. The van der Waals surface area contributed by atoms with E-state index < -0.39 is 4.92 Å². The predicted octanol–water partition coefficient (Wildman–Crippen LogP) is 5.54. The van der Waals surface area contributed by atoms with Crippen LogP contribution in [0.2, 0.25) is 10.0 Å². The number of carbonyl (C=O) groups is 1. The van der Waals surface area contributed by atoms with Crippen LogP contribution in [0.3, 0.4) is 0 Å². The van der Waals surface area contributed by atoms with Crippen molar-refractivity contribution in [1.29, 1.82) is 0 Å². The molecule has 3 aromatic heterocycles. The molecule has 140 valence electrons. The van der Waals surface area contributed by atoms with Gasteiger partial charge < -0.3 is 5.32 Å². The maximum atomic E-state index is 12.4. The summed E-state index contributed by atoms with van der Waals surface area (Å²) in [5.74, 6) is -0.349. The Morgan fingerprint density at radius 3 is 2.70 bits per heavy atom. The molecule has 0 aliphatic rings. The number of hydrogen-bond donors (Lipinski definition) is 1. The van der Waals surface area contributed by atoms with E-state index in [9.17, 15) is 14.9 Å². The van der Waals surface area contributed by atoms with Gasteiger partial charge in [0, 0.05) is 29.9 Å². The van der Waals surface area contributed by atoms with E-state index in [2.05, 4.69) is 10.3 Å². The van der Waals surface area contributed by atoms with E-state index in [0.717, 1.165) is 28.0 Å². The van der Waals surface area contributed by atoms with E-state index in [4.69, 9.17) is 23.2 Å². The molecule has 0 unspecified atom stereocenters. The standard InChI is InChI=1S/C16H11Cl2N3O3S3/c17-10-7-19-8-11(18)14(10)27-16-12(21(23)24)6-13(26-16)15(22)20-4-3-9-2-1-5-25-9/h1-2,5-8H,3-4H2,(H,20,22). The molecule has 27 heavy (non-hydrogen) atoms. The minimum absolute atomic E-state index is 0.155. The number of nitro groups is 1. The zero-order valence-corrected chi connectivity index (χ0v) is 17.4. The van der Waals surface area contributed by atoms with E-state index >= 15 is 0 Å². The van der Waals surface area contributed by atoms with Crippen molar-refractivity contribution in [2.24, 2.45) is 0 Å². The number of halogens is 2. The quantitative estimate of drug-likeness (QED) is 0.370. The molecule has 1 amide bonds. The van der Waals surface area contributed by atoms with Crippen LogP contribution in [-0.2, 0) is 6.42 Å². The van der Waals surface area contributed by atoms with E-state index in [1.54, 1.807) is 11.3 Å². The molecule has 1 N–H and O–H groups in total. The van der Waals surface area contributed by atoms with Gasteiger partial charge in [0.05, 0.1) is 19.9 Å². The van der Waals surface area contributed by atoms with Gasteiger partial charge in [0.15, 0.2) is 0 Å². The first kappa shape index (κ1) is 20.1. The van der Waals surface area contributed by atoms with Gasteiger partial charge in [0.2, 0.25) is 0 Å². The molecule has 3 aromatic rings. The Morgan fingerprint density at radius 1 is 1.33 bits per heavy atom. The van der Waals surface area contributed by atoms with Gasteiger partial charge in [-0.3, -0.25) is 19.9 Å². The summed E-state index contributed by atoms with van der Waals surface area (Å²) < 4.78 is 0.332. The Balaban J connectivity index is 1.76. The first-order chi connectivity index (χ1) is 13.0. The SMILES string of the molecule is O=C(NCCc1cccs1)c1cc([N+](=O)[O-])c(Sc2c(Cl)cncc2Cl)s1. The fourth-order valence-corrected chi connectivity index (χ4v) is 5.60. The molecule has 0 bridgehead atoms. The highest BCUT2D eigenvalue weighted by atomic mass is 35.5. The second-order valence-corrected chi connectivity index (χ2v) is 9.34. The average Bonchev–Trinajstić information content (AvgIpc) is 3.28. The van der Waals surface area contributed by atoms with Crippen molar-refractivity contribution in [3.63, 3.8) is 0 Å². The van der Waals surface area contributed by atoms with Crippen LogP contribution in [-0.4, -0.2) is 22.4 Å². The molecule has 0 saturated heterocycles. The molecule has 6 nitrogen and oxygen atoms in total. The van der Waals surface area contributed by atoms with Gasteiger partial charge in [-0.25, -0.2) is 0 Å². The van der Waals surface area contributed by atoms with Crippen LogP contribution in [0.1, 0.15) is 14.5 Å². The molecule has 0 aliphatic heterocycles. The molecular formula is C16H11Cl2N3O3S3. The van der Waals surface area contributed by atoms with Crippen LogP contribution in [0.5, 0.6) is 0 Å². The third-order valence-corrected chi connectivity index (χ3v) is 7.53. The molecular weight excluding hydrogens is 449 g/mol. The summed E-state index contributed by atoms with van der Waals surface area (Å²) in [6, 6.07) is 5.21. The molecule has 0 aliphatic carbocycles. The van der Waals surface area contributed by atoms with Crippen molar-refractivity contribution in [3.05, 3.63) is 65.9 Å². The topological polar surface area (TPSA) is 85.1 Å². The number of aromatic nitrogens is 1. The lowest BCUT2D eigenvalue weighted by atomic mass is 10.3. The molecule has 0 fully saturated rings. The van der Waals surface area contributed by atoms with E-state index in [1.807, 2.05) is 17.5 Å². The van der Waals surface area contributed by atoms with Gasteiger partial charge in [-0.05, 0) is 17.9 Å². The molecule has 3 rings (SSSR count). The van der Waals surface area contributed by atoms with Crippen LogP contribution in [0.4, 0.5) is 5.69 Å². The molecule has 3 heterocycles. The number of pyridine rings is 1. The Hall–Kier alpha value is -1.65. The van der Waals surface area contributed by atoms with Crippen molar-refractivity contribution >= 4 is 69.2 Å². The van der Waals surface area contributed by atoms with Crippen molar-refractivity contribution in [2.45, 2.75) is 15.5 Å². The lowest BCUT2D eigenvalue weighted by Gasteiger charge is -2.03. The highest BCUT2D eigenvalue weighted by molar-refractivity contribution is 8.01. The van der Waals surface area contributed by atoms with Crippen LogP contribution in [0, 0.1) is 10.1 Å². The first-order valence-corrected chi connectivity index (χ1v) is 10.8. The molecule has 0 saturated carbocycles. The lowest BCUT2D eigenvalue weighted by Crippen LogP contribution is -2.24. The molecule has 0 spiro atoms. The number of amides is 1.